The third kappa shape index (κ3) is 11.6. The van der Waals surface area contributed by atoms with Crippen molar-refractivity contribution in [2.45, 2.75) is 209 Å². The minimum Gasteiger partial charge on any atom is -0.138 e. The smallest absolute Gasteiger partial charge is 0.0614 e. The van der Waals surface area contributed by atoms with Crippen LogP contribution in [0, 0.1) is 48.5 Å². The molecular formula is C72H76S8. The maximum Gasteiger partial charge on any atom is 0.0614 e. The van der Waals surface area contributed by atoms with Gasteiger partial charge in [-0.2, -0.15) is 0 Å². The van der Waals surface area contributed by atoms with Gasteiger partial charge in [-0.15, -0.1) is 90.7 Å². The van der Waals surface area contributed by atoms with Crippen LogP contribution in [0.4, 0.5) is 0 Å². The largest absolute Gasteiger partial charge is 0.138 e. The van der Waals surface area contributed by atoms with Gasteiger partial charge in [-0.05, 0) is 127 Å². The molecule has 0 aliphatic heterocycles. The van der Waals surface area contributed by atoms with Crippen molar-refractivity contribution >= 4 is 193 Å². The van der Waals surface area contributed by atoms with Crippen molar-refractivity contribution in [2.75, 3.05) is 0 Å². The zero-order valence-electron chi connectivity index (χ0n) is 48.5. The second-order valence-electron chi connectivity index (χ2n) is 22.1. The molecule has 0 N–H and O–H groups in total. The summed E-state index contributed by atoms with van der Waals surface area (Å²) < 4.78 is 10.8. The summed E-state index contributed by atoms with van der Waals surface area (Å²) in [4.78, 5) is 11.5. The van der Waals surface area contributed by atoms with Crippen LogP contribution in [0.3, 0.4) is 0 Å². The Morgan fingerprint density at radius 1 is 0.237 bits per heavy atom. The van der Waals surface area contributed by atoms with Crippen molar-refractivity contribution in [3.05, 3.63) is 112 Å². The maximum absolute atomic E-state index is 4.14. The van der Waals surface area contributed by atoms with Gasteiger partial charge in [0, 0.05) is 104 Å². The van der Waals surface area contributed by atoms with Crippen molar-refractivity contribution in [3.63, 3.8) is 0 Å². The molecule has 8 aromatic heterocycles. The van der Waals surface area contributed by atoms with Gasteiger partial charge in [-0.1, -0.05) is 155 Å². The van der Waals surface area contributed by atoms with E-state index in [-0.39, 0.29) is 0 Å². The van der Waals surface area contributed by atoms with Crippen LogP contribution >= 0.6 is 90.7 Å². The topological polar surface area (TPSA) is 0 Å². The van der Waals surface area contributed by atoms with Crippen LogP contribution in [-0.4, -0.2) is 0 Å². The molecule has 0 saturated carbocycles. The lowest BCUT2D eigenvalue weighted by Gasteiger charge is -1.99. The molecule has 412 valence electrons. The second-order valence-corrected chi connectivity index (χ2v) is 31.0. The third-order valence-corrected chi connectivity index (χ3v) is 26.2. The zero-order chi connectivity index (χ0) is 55.3. The van der Waals surface area contributed by atoms with Crippen molar-refractivity contribution in [1.82, 2.24) is 0 Å². The number of rotatable bonds is 24. The van der Waals surface area contributed by atoms with E-state index in [2.05, 4.69) is 128 Å². The Hall–Kier alpha value is -4.16. The van der Waals surface area contributed by atoms with E-state index in [1.165, 1.54) is 193 Å². The Bertz CT molecular complexity index is 3610. The molecule has 0 aliphatic carbocycles. The molecular weight excluding hydrogens is 1120 g/mol. The molecule has 0 radical (unpaired) electrons. The zero-order valence-corrected chi connectivity index (χ0v) is 55.1. The minimum absolute atomic E-state index is 1.01. The van der Waals surface area contributed by atoms with Crippen molar-refractivity contribution in [1.29, 1.82) is 0 Å². The quantitative estimate of drug-likeness (QED) is 0.0566. The van der Waals surface area contributed by atoms with Crippen LogP contribution in [0.1, 0.15) is 197 Å². The fraction of sp³-hybridized carbons (Fsp3) is 0.444. The third-order valence-electron chi connectivity index (χ3n) is 15.8. The Morgan fingerprint density at radius 3 is 0.637 bits per heavy atom. The maximum atomic E-state index is 4.14. The summed E-state index contributed by atoms with van der Waals surface area (Å²) in [5.41, 5.74) is 0. The van der Waals surface area contributed by atoms with E-state index in [4.69, 9.17) is 0 Å². The Balaban J connectivity index is 1.42. The number of fused-ring (bicyclic) bond motifs is 8. The highest BCUT2D eigenvalue weighted by molar-refractivity contribution is 7.31. The Kier molecular flexibility index (Phi) is 19.2. The van der Waals surface area contributed by atoms with E-state index in [1.54, 1.807) is 0 Å². The van der Waals surface area contributed by atoms with Crippen molar-refractivity contribution in [2.24, 2.45) is 0 Å². The van der Waals surface area contributed by atoms with Gasteiger partial charge in [0.1, 0.15) is 0 Å². The van der Waals surface area contributed by atoms with Gasteiger partial charge in [-0.3, -0.25) is 0 Å². The molecule has 0 bridgehead atoms. The van der Waals surface area contributed by atoms with Crippen LogP contribution in [0.5, 0.6) is 0 Å². The highest BCUT2D eigenvalue weighted by atomic mass is 32.1. The summed E-state index contributed by atoms with van der Waals surface area (Å²) in [7, 11) is 0. The monoisotopic (exact) mass is 1200 g/mol. The van der Waals surface area contributed by atoms with Gasteiger partial charge < -0.3 is 0 Å². The first kappa shape index (κ1) is 57.6. The lowest BCUT2D eigenvalue weighted by molar-refractivity contribution is 0.804. The lowest BCUT2D eigenvalue weighted by atomic mass is 10.0. The summed E-state index contributed by atoms with van der Waals surface area (Å²) in [6.07, 6.45) is 26.9. The molecule has 0 nitrogen and oxygen atoms in total. The van der Waals surface area contributed by atoms with E-state index >= 15 is 0 Å². The predicted molar refractivity (Wildman–Crippen MR) is 368 cm³/mol. The normalized spacial score (nSPS) is 11.8. The van der Waals surface area contributed by atoms with Gasteiger partial charge >= 0.3 is 0 Å². The van der Waals surface area contributed by atoms with Gasteiger partial charge in [0.15, 0.2) is 0 Å². The van der Waals surface area contributed by atoms with E-state index in [0.717, 1.165) is 103 Å². The average Bonchev–Trinajstić information content (AvgIpc) is 4.54. The molecule has 80 heavy (non-hydrogen) atoms. The summed E-state index contributed by atoms with van der Waals surface area (Å²) in [5.74, 6) is 0. The van der Waals surface area contributed by atoms with Crippen LogP contribution < -0.4 is 0 Å². The van der Waals surface area contributed by atoms with Gasteiger partial charge in [0.2, 0.25) is 0 Å². The lowest BCUT2D eigenvalue weighted by Crippen LogP contribution is -1.80. The molecule has 0 amide bonds. The SMILES string of the molecule is CCCCc1cc2c#cc3c(CCCC)sc4c5sc(CCCC)c6c#cc7cc(CCCC)sc7c7sc(CCCC)cc7c#cc7c(CCCC)sc(c8sc(CCCC)c(c#cc9cc(CCCC)sc9c2s1)c8c34)c7c65. The molecule has 0 unspecified atom stereocenters. The number of hydrogen-bond donors (Lipinski definition) is 0. The number of hydrogen-bond acceptors (Lipinski definition) is 8. The van der Waals surface area contributed by atoms with Crippen LogP contribution in [-0.2, 0) is 51.4 Å². The summed E-state index contributed by atoms with van der Waals surface area (Å²) in [6.45, 7) is 18.6. The Labute approximate surface area is 509 Å². The first-order valence-corrected chi connectivity index (χ1v) is 37.1. The number of thiophene rings is 8. The van der Waals surface area contributed by atoms with Crippen LogP contribution in [0.2, 0.25) is 0 Å². The van der Waals surface area contributed by atoms with Gasteiger partial charge in [-0.25, -0.2) is 0 Å². The van der Waals surface area contributed by atoms with Gasteiger partial charge in [0.25, 0.3) is 0 Å². The first-order chi connectivity index (χ1) is 39.3. The molecule has 8 heteroatoms. The van der Waals surface area contributed by atoms with E-state index in [9.17, 15) is 0 Å². The predicted octanol–water partition coefficient (Wildman–Crippen LogP) is 25.7. The Morgan fingerprint density at radius 2 is 0.438 bits per heavy atom. The standard InChI is InChI=1S/C72H76S8/c1-9-17-25-49-41-45-33-37-53-57(29-21-13-5)77-69-61(53)62-54(38-34-46-42-50(26-18-10-2)74-66(46)65(45)73-49)58(30-22-14-6)78-70(62)72-64-56(60(80-72)32-24-16-8)40-36-48-44-52(28-20-12-4)76-68(48)67-47(43-51(75-67)27-19-11-3)35-39-55-59(31-23-15-7)79-71(69)63(55)64/h41-44H,9-32H2,1-8H3. The minimum atomic E-state index is 1.01. The van der Waals surface area contributed by atoms with E-state index < -0.39 is 0 Å². The number of aryl methyl sites for hydroxylation is 8. The molecule has 8 heterocycles. The summed E-state index contributed by atoms with van der Waals surface area (Å²) in [6, 6.07) is 42.5. The molecule has 0 atom stereocenters. The van der Waals surface area contributed by atoms with Gasteiger partial charge in [0.05, 0.1) is 37.6 Å². The van der Waals surface area contributed by atoms with Crippen molar-refractivity contribution in [3.8, 4) is 0 Å². The highest BCUT2D eigenvalue weighted by Crippen LogP contribution is 2.53. The molecule has 0 fully saturated rings. The summed E-state index contributed by atoms with van der Waals surface area (Å²) in [5, 5.41) is 15.0. The molecule has 3 aromatic carbocycles. The van der Waals surface area contributed by atoms with E-state index in [1.807, 2.05) is 90.7 Å². The fourth-order valence-electron chi connectivity index (χ4n) is 11.3. The molecule has 0 aliphatic rings. The van der Waals surface area contributed by atoms with Crippen molar-refractivity contribution < 1.29 is 0 Å². The highest BCUT2D eigenvalue weighted by Gasteiger charge is 2.25. The first-order valence-electron chi connectivity index (χ1n) is 30.6. The average molecular weight is 1200 g/mol. The number of unbranched alkanes of at least 4 members (excludes halogenated alkanes) is 8. The fourth-order valence-corrected chi connectivity index (χ4v) is 21.7. The molecule has 11 aromatic rings. The van der Waals surface area contributed by atoms with Crippen LogP contribution in [0.15, 0.2) is 24.3 Å². The molecule has 0 spiro atoms. The second kappa shape index (κ2) is 26.6. The van der Waals surface area contributed by atoms with E-state index in [0.29, 0.717) is 0 Å². The van der Waals surface area contributed by atoms with Crippen LogP contribution in [0.25, 0.3) is 102 Å². The molecule has 11 rings (SSSR count). The summed E-state index contributed by atoms with van der Waals surface area (Å²) >= 11 is 16.1. The molecule has 0 saturated heterocycles.